The van der Waals surface area contributed by atoms with Crippen LogP contribution in [0.3, 0.4) is 0 Å². The van der Waals surface area contributed by atoms with E-state index in [0.717, 1.165) is 25.2 Å². The molecular weight excluding hydrogens is 202 g/mol. The SMILES string of the molecule is CC(O)CCCNC(=O)CCC1CCCC1. The van der Waals surface area contributed by atoms with E-state index in [9.17, 15) is 4.79 Å². The van der Waals surface area contributed by atoms with Crippen LogP contribution in [0, 0.1) is 5.92 Å². The monoisotopic (exact) mass is 227 g/mol. The van der Waals surface area contributed by atoms with E-state index in [2.05, 4.69) is 5.32 Å². The molecule has 0 aromatic rings. The van der Waals surface area contributed by atoms with Crippen LogP contribution in [-0.2, 0) is 4.79 Å². The molecule has 0 spiro atoms. The number of amides is 1. The normalized spacial score (nSPS) is 18.6. The van der Waals surface area contributed by atoms with Gasteiger partial charge in [-0.05, 0) is 32.1 Å². The van der Waals surface area contributed by atoms with Crippen LogP contribution in [0.25, 0.3) is 0 Å². The highest BCUT2D eigenvalue weighted by molar-refractivity contribution is 5.75. The van der Waals surface area contributed by atoms with E-state index < -0.39 is 0 Å². The summed E-state index contributed by atoms with van der Waals surface area (Å²) in [6.45, 7) is 2.48. The molecule has 0 radical (unpaired) electrons. The van der Waals surface area contributed by atoms with Gasteiger partial charge in [0, 0.05) is 13.0 Å². The Labute approximate surface area is 98.6 Å². The highest BCUT2D eigenvalue weighted by Crippen LogP contribution is 2.28. The first-order valence-electron chi connectivity index (χ1n) is 6.63. The van der Waals surface area contributed by atoms with Crippen molar-refractivity contribution in [2.24, 2.45) is 5.92 Å². The van der Waals surface area contributed by atoms with Crippen LogP contribution in [0.5, 0.6) is 0 Å². The Morgan fingerprint density at radius 2 is 2.12 bits per heavy atom. The fourth-order valence-electron chi connectivity index (χ4n) is 2.35. The fourth-order valence-corrected chi connectivity index (χ4v) is 2.35. The van der Waals surface area contributed by atoms with Gasteiger partial charge in [-0.15, -0.1) is 0 Å². The number of hydrogen-bond donors (Lipinski definition) is 2. The average molecular weight is 227 g/mol. The predicted molar refractivity (Wildman–Crippen MR) is 65.1 cm³/mol. The molecule has 2 N–H and O–H groups in total. The zero-order valence-corrected chi connectivity index (χ0v) is 10.4. The van der Waals surface area contributed by atoms with E-state index in [1.807, 2.05) is 0 Å². The number of nitrogens with one attached hydrogen (secondary N) is 1. The highest BCUT2D eigenvalue weighted by Gasteiger charge is 2.15. The Balaban J connectivity index is 1.94. The maximum atomic E-state index is 11.5. The summed E-state index contributed by atoms with van der Waals surface area (Å²) in [5.74, 6) is 0.973. The molecule has 3 heteroatoms. The lowest BCUT2D eigenvalue weighted by Gasteiger charge is -2.09. The lowest BCUT2D eigenvalue weighted by molar-refractivity contribution is -0.121. The fraction of sp³-hybridized carbons (Fsp3) is 0.923. The molecule has 0 saturated heterocycles. The quantitative estimate of drug-likeness (QED) is 0.655. The number of rotatable bonds is 7. The van der Waals surface area contributed by atoms with Crippen LogP contribution >= 0.6 is 0 Å². The minimum Gasteiger partial charge on any atom is -0.393 e. The second-order valence-corrected chi connectivity index (χ2v) is 5.03. The maximum Gasteiger partial charge on any atom is 0.220 e. The van der Waals surface area contributed by atoms with Gasteiger partial charge in [0.25, 0.3) is 0 Å². The molecule has 0 aromatic heterocycles. The largest absolute Gasteiger partial charge is 0.393 e. The third kappa shape index (κ3) is 6.11. The van der Waals surface area contributed by atoms with Crippen LogP contribution < -0.4 is 5.32 Å². The first kappa shape index (κ1) is 13.5. The molecule has 1 saturated carbocycles. The van der Waals surface area contributed by atoms with E-state index >= 15 is 0 Å². The number of hydrogen-bond acceptors (Lipinski definition) is 2. The summed E-state index contributed by atoms with van der Waals surface area (Å²) in [6, 6.07) is 0. The number of aliphatic hydroxyl groups is 1. The van der Waals surface area contributed by atoms with Gasteiger partial charge in [-0.3, -0.25) is 4.79 Å². The summed E-state index contributed by atoms with van der Waals surface area (Å²) in [7, 11) is 0. The van der Waals surface area contributed by atoms with Crippen LogP contribution in [0.2, 0.25) is 0 Å². The molecule has 3 nitrogen and oxygen atoms in total. The molecule has 0 heterocycles. The van der Waals surface area contributed by atoms with Crippen LogP contribution in [-0.4, -0.2) is 23.7 Å². The Bertz CT molecular complexity index is 198. The van der Waals surface area contributed by atoms with E-state index in [0.29, 0.717) is 13.0 Å². The van der Waals surface area contributed by atoms with Crippen LogP contribution in [0.4, 0.5) is 0 Å². The third-order valence-corrected chi connectivity index (χ3v) is 3.38. The van der Waals surface area contributed by atoms with Gasteiger partial charge in [0.05, 0.1) is 6.10 Å². The molecule has 1 amide bonds. The van der Waals surface area contributed by atoms with Crippen molar-refractivity contribution in [2.75, 3.05) is 6.54 Å². The van der Waals surface area contributed by atoms with Gasteiger partial charge in [-0.25, -0.2) is 0 Å². The summed E-state index contributed by atoms with van der Waals surface area (Å²) in [4.78, 5) is 11.5. The lowest BCUT2D eigenvalue weighted by Crippen LogP contribution is -2.25. The second kappa shape index (κ2) is 7.66. The van der Waals surface area contributed by atoms with Gasteiger partial charge >= 0.3 is 0 Å². The van der Waals surface area contributed by atoms with Gasteiger partial charge in [0.2, 0.25) is 5.91 Å². The van der Waals surface area contributed by atoms with Gasteiger partial charge < -0.3 is 10.4 Å². The molecule has 16 heavy (non-hydrogen) atoms. The Hall–Kier alpha value is -0.570. The van der Waals surface area contributed by atoms with Gasteiger partial charge in [-0.2, -0.15) is 0 Å². The molecular formula is C13H25NO2. The van der Waals surface area contributed by atoms with Crippen molar-refractivity contribution < 1.29 is 9.90 Å². The lowest BCUT2D eigenvalue weighted by atomic mass is 10.0. The summed E-state index contributed by atoms with van der Waals surface area (Å²) in [6.07, 6.45) is 8.44. The highest BCUT2D eigenvalue weighted by atomic mass is 16.3. The minimum absolute atomic E-state index is 0.178. The van der Waals surface area contributed by atoms with Crippen LogP contribution in [0.15, 0.2) is 0 Å². The minimum atomic E-state index is -0.254. The smallest absolute Gasteiger partial charge is 0.220 e. The average Bonchev–Trinajstić information content (AvgIpc) is 2.74. The molecule has 1 aliphatic rings. The van der Waals surface area contributed by atoms with Crippen molar-refractivity contribution in [3.05, 3.63) is 0 Å². The summed E-state index contributed by atoms with van der Waals surface area (Å²) in [5.41, 5.74) is 0. The first-order valence-corrected chi connectivity index (χ1v) is 6.63. The van der Waals surface area contributed by atoms with Gasteiger partial charge in [-0.1, -0.05) is 25.7 Å². The number of aliphatic hydroxyl groups excluding tert-OH is 1. The molecule has 1 atom stereocenters. The number of carbonyl (C=O) groups excluding carboxylic acids is 1. The Kier molecular flexibility index (Phi) is 6.46. The Morgan fingerprint density at radius 3 is 2.75 bits per heavy atom. The van der Waals surface area contributed by atoms with Gasteiger partial charge in [0.1, 0.15) is 0 Å². The van der Waals surface area contributed by atoms with Crippen LogP contribution in [0.1, 0.15) is 58.3 Å². The van der Waals surface area contributed by atoms with Crippen molar-refractivity contribution in [3.8, 4) is 0 Å². The molecule has 1 rings (SSSR count). The molecule has 0 aromatic carbocycles. The van der Waals surface area contributed by atoms with E-state index in [-0.39, 0.29) is 12.0 Å². The Morgan fingerprint density at radius 1 is 1.44 bits per heavy atom. The van der Waals surface area contributed by atoms with Crippen molar-refractivity contribution in [1.82, 2.24) is 5.32 Å². The zero-order chi connectivity index (χ0) is 11.8. The number of carbonyl (C=O) groups is 1. The molecule has 1 unspecified atom stereocenters. The molecule has 1 fully saturated rings. The molecule has 0 bridgehead atoms. The summed E-state index contributed by atoms with van der Waals surface area (Å²) in [5, 5.41) is 12.0. The van der Waals surface area contributed by atoms with Crippen molar-refractivity contribution in [1.29, 1.82) is 0 Å². The van der Waals surface area contributed by atoms with E-state index in [1.165, 1.54) is 25.7 Å². The van der Waals surface area contributed by atoms with E-state index in [1.54, 1.807) is 6.92 Å². The molecule has 1 aliphatic carbocycles. The van der Waals surface area contributed by atoms with Crippen molar-refractivity contribution in [2.45, 2.75) is 64.4 Å². The summed E-state index contributed by atoms with van der Waals surface area (Å²) < 4.78 is 0. The summed E-state index contributed by atoms with van der Waals surface area (Å²) >= 11 is 0. The zero-order valence-electron chi connectivity index (χ0n) is 10.4. The standard InChI is InChI=1S/C13H25NO2/c1-11(15)5-4-10-14-13(16)9-8-12-6-2-3-7-12/h11-12,15H,2-10H2,1H3,(H,14,16). The van der Waals surface area contributed by atoms with Crippen molar-refractivity contribution in [3.63, 3.8) is 0 Å². The third-order valence-electron chi connectivity index (χ3n) is 3.38. The van der Waals surface area contributed by atoms with Gasteiger partial charge in [0.15, 0.2) is 0 Å². The molecule has 0 aliphatic heterocycles. The molecule has 94 valence electrons. The predicted octanol–water partition coefficient (Wildman–Crippen LogP) is 2.23. The second-order valence-electron chi connectivity index (χ2n) is 5.03. The van der Waals surface area contributed by atoms with E-state index in [4.69, 9.17) is 5.11 Å². The van der Waals surface area contributed by atoms with Crippen molar-refractivity contribution >= 4 is 5.91 Å². The first-order chi connectivity index (χ1) is 7.68. The topological polar surface area (TPSA) is 49.3 Å². The maximum absolute atomic E-state index is 11.5.